The maximum atomic E-state index is 5.06. The van der Waals surface area contributed by atoms with E-state index in [2.05, 4.69) is 46.1 Å². The fraction of sp³-hybridized carbons (Fsp3) is 0.438. The third-order valence-electron chi connectivity index (χ3n) is 3.17. The van der Waals surface area contributed by atoms with E-state index in [0.29, 0.717) is 6.61 Å². The van der Waals surface area contributed by atoms with Gasteiger partial charge >= 0.3 is 0 Å². The SMILES string of the molecule is CCCc1ccc(-n2cc(C)nc2NCCOC)cc1. The first-order valence-corrected chi connectivity index (χ1v) is 7.12. The highest BCUT2D eigenvalue weighted by atomic mass is 16.5. The fourth-order valence-electron chi connectivity index (χ4n) is 2.20. The van der Waals surface area contributed by atoms with E-state index in [4.69, 9.17) is 4.74 Å². The third-order valence-corrected chi connectivity index (χ3v) is 3.17. The van der Waals surface area contributed by atoms with Crippen molar-refractivity contribution < 1.29 is 4.74 Å². The molecule has 0 fully saturated rings. The van der Waals surface area contributed by atoms with Gasteiger partial charge in [0.2, 0.25) is 5.95 Å². The van der Waals surface area contributed by atoms with Crippen molar-refractivity contribution in [2.24, 2.45) is 0 Å². The molecule has 0 spiro atoms. The molecule has 0 aliphatic heterocycles. The molecule has 1 aromatic carbocycles. The smallest absolute Gasteiger partial charge is 0.207 e. The summed E-state index contributed by atoms with van der Waals surface area (Å²) in [6.45, 7) is 5.62. The molecule has 4 nitrogen and oxygen atoms in total. The molecule has 1 aromatic heterocycles. The first kappa shape index (κ1) is 14.6. The van der Waals surface area contributed by atoms with Crippen LogP contribution in [0.4, 0.5) is 5.95 Å². The quantitative estimate of drug-likeness (QED) is 0.787. The van der Waals surface area contributed by atoms with Crippen molar-refractivity contribution in [1.29, 1.82) is 0 Å². The number of hydrogen-bond acceptors (Lipinski definition) is 3. The lowest BCUT2D eigenvalue weighted by Gasteiger charge is -2.10. The Hall–Kier alpha value is -1.81. The van der Waals surface area contributed by atoms with Crippen molar-refractivity contribution in [3.05, 3.63) is 41.7 Å². The fourth-order valence-corrected chi connectivity index (χ4v) is 2.20. The van der Waals surface area contributed by atoms with Crippen molar-refractivity contribution >= 4 is 5.95 Å². The number of hydrogen-bond donors (Lipinski definition) is 1. The maximum Gasteiger partial charge on any atom is 0.207 e. The Morgan fingerprint density at radius 3 is 2.65 bits per heavy atom. The van der Waals surface area contributed by atoms with Gasteiger partial charge in [-0.25, -0.2) is 4.98 Å². The third kappa shape index (κ3) is 3.61. The zero-order valence-corrected chi connectivity index (χ0v) is 12.5. The largest absolute Gasteiger partial charge is 0.383 e. The number of nitrogens with one attached hydrogen (secondary N) is 1. The second-order valence-electron chi connectivity index (χ2n) is 4.91. The molecule has 4 heteroatoms. The summed E-state index contributed by atoms with van der Waals surface area (Å²) in [5, 5.41) is 3.30. The lowest BCUT2D eigenvalue weighted by atomic mass is 10.1. The summed E-state index contributed by atoms with van der Waals surface area (Å²) in [6.07, 6.45) is 4.35. The van der Waals surface area contributed by atoms with E-state index in [1.807, 2.05) is 13.1 Å². The van der Waals surface area contributed by atoms with Crippen molar-refractivity contribution in [1.82, 2.24) is 9.55 Å². The van der Waals surface area contributed by atoms with Crippen molar-refractivity contribution in [3.8, 4) is 5.69 Å². The minimum absolute atomic E-state index is 0.668. The van der Waals surface area contributed by atoms with Crippen LogP contribution in [0.3, 0.4) is 0 Å². The monoisotopic (exact) mass is 273 g/mol. The Bertz CT molecular complexity index is 531. The summed E-state index contributed by atoms with van der Waals surface area (Å²) < 4.78 is 7.14. The molecule has 108 valence electrons. The Morgan fingerprint density at radius 1 is 1.25 bits per heavy atom. The van der Waals surface area contributed by atoms with E-state index in [1.165, 1.54) is 12.0 Å². The molecule has 20 heavy (non-hydrogen) atoms. The minimum Gasteiger partial charge on any atom is -0.383 e. The van der Waals surface area contributed by atoms with Crippen LogP contribution in [0.1, 0.15) is 24.6 Å². The number of methoxy groups -OCH3 is 1. The number of ether oxygens (including phenoxy) is 1. The Balaban J connectivity index is 2.18. The molecule has 0 atom stereocenters. The summed E-state index contributed by atoms with van der Waals surface area (Å²) in [7, 11) is 1.70. The van der Waals surface area contributed by atoms with E-state index in [0.717, 1.165) is 30.3 Å². The van der Waals surface area contributed by atoms with Gasteiger partial charge in [-0.2, -0.15) is 0 Å². The normalized spacial score (nSPS) is 10.8. The van der Waals surface area contributed by atoms with Gasteiger partial charge in [0.15, 0.2) is 0 Å². The van der Waals surface area contributed by atoms with Gasteiger partial charge in [-0.1, -0.05) is 25.5 Å². The van der Waals surface area contributed by atoms with Crippen molar-refractivity contribution in [3.63, 3.8) is 0 Å². The molecule has 0 aliphatic carbocycles. The zero-order chi connectivity index (χ0) is 14.4. The van der Waals surface area contributed by atoms with Crippen LogP contribution in [-0.2, 0) is 11.2 Å². The van der Waals surface area contributed by atoms with Gasteiger partial charge in [-0.3, -0.25) is 4.57 Å². The molecular formula is C16H23N3O. The number of rotatable bonds is 7. The molecule has 0 radical (unpaired) electrons. The zero-order valence-electron chi connectivity index (χ0n) is 12.5. The Morgan fingerprint density at radius 2 is 2.00 bits per heavy atom. The average Bonchev–Trinajstić information content (AvgIpc) is 2.81. The topological polar surface area (TPSA) is 39.1 Å². The molecular weight excluding hydrogens is 250 g/mol. The van der Waals surface area contributed by atoms with Gasteiger partial charge in [0.1, 0.15) is 0 Å². The van der Waals surface area contributed by atoms with Crippen LogP contribution in [-0.4, -0.2) is 29.8 Å². The van der Waals surface area contributed by atoms with Crippen LogP contribution in [0, 0.1) is 6.92 Å². The van der Waals surface area contributed by atoms with Crippen LogP contribution in [0.2, 0.25) is 0 Å². The highest BCUT2D eigenvalue weighted by Gasteiger charge is 2.07. The first-order valence-electron chi connectivity index (χ1n) is 7.12. The maximum absolute atomic E-state index is 5.06. The number of benzene rings is 1. The highest BCUT2D eigenvalue weighted by Crippen LogP contribution is 2.17. The summed E-state index contributed by atoms with van der Waals surface area (Å²) in [4.78, 5) is 4.51. The van der Waals surface area contributed by atoms with Gasteiger partial charge in [0.05, 0.1) is 12.3 Å². The molecule has 0 aliphatic rings. The summed E-state index contributed by atoms with van der Waals surface area (Å²) >= 11 is 0. The Kier molecular flexibility index (Phi) is 5.18. The van der Waals surface area contributed by atoms with Gasteiger partial charge in [-0.05, 0) is 31.0 Å². The standard InChI is InChI=1S/C16H23N3O/c1-4-5-14-6-8-15(9-7-14)19-12-13(2)18-16(19)17-10-11-20-3/h6-9,12H,4-5,10-11H2,1-3H3,(H,17,18). The molecule has 0 saturated heterocycles. The molecule has 0 amide bonds. The molecule has 1 heterocycles. The lowest BCUT2D eigenvalue weighted by molar-refractivity contribution is 0.210. The summed E-state index contributed by atoms with van der Waals surface area (Å²) in [5.74, 6) is 0.864. The van der Waals surface area contributed by atoms with Crippen LogP contribution in [0.15, 0.2) is 30.5 Å². The lowest BCUT2D eigenvalue weighted by Crippen LogP contribution is -2.11. The van der Waals surface area contributed by atoms with Gasteiger partial charge in [0, 0.05) is 25.5 Å². The minimum atomic E-state index is 0.668. The van der Waals surface area contributed by atoms with Crippen molar-refractivity contribution in [2.75, 3.05) is 25.6 Å². The highest BCUT2D eigenvalue weighted by molar-refractivity contribution is 5.44. The number of nitrogens with zero attached hydrogens (tertiary/aromatic N) is 2. The summed E-state index contributed by atoms with van der Waals surface area (Å²) in [6, 6.07) is 8.67. The average molecular weight is 273 g/mol. The summed E-state index contributed by atoms with van der Waals surface area (Å²) in [5.41, 5.74) is 3.51. The number of imidazole rings is 1. The molecule has 2 rings (SSSR count). The van der Waals surface area contributed by atoms with E-state index >= 15 is 0 Å². The second-order valence-corrected chi connectivity index (χ2v) is 4.91. The molecule has 2 aromatic rings. The van der Waals surface area contributed by atoms with E-state index in [9.17, 15) is 0 Å². The second kappa shape index (κ2) is 7.10. The predicted molar refractivity (Wildman–Crippen MR) is 82.7 cm³/mol. The molecule has 0 bridgehead atoms. The predicted octanol–water partition coefficient (Wildman–Crippen LogP) is 3.19. The van der Waals surface area contributed by atoms with E-state index < -0.39 is 0 Å². The molecule has 1 N–H and O–H groups in total. The Labute approximate surface area is 120 Å². The van der Waals surface area contributed by atoms with E-state index in [1.54, 1.807) is 7.11 Å². The first-order chi connectivity index (χ1) is 9.74. The van der Waals surface area contributed by atoms with Crippen LogP contribution in [0.5, 0.6) is 0 Å². The molecule has 0 unspecified atom stereocenters. The van der Waals surface area contributed by atoms with Gasteiger partial charge < -0.3 is 10.1 Å². The molecule has 0 saturated carbocycles. The van der Waals surface area contributed by atoms with Crippen LogP contribution in [0.25, 0.3) is 5.69 Å². The van der Waals surface area contributed by atoms with Crippen LogP contribution < -0.4 is 5.32 Å². The van der Waals surface area contributed by atoms with Gasteiger partial charge in [-0.15, -0.1) is 0 Å². The van der Waals surface area contributed by atoms with E-state index in [-0.39, 0.29) is 0 Å². The van der Waals surface area contributed by atoms with Crippen LogP contribution >= 0.6 is 0 Å². The number of aromatic nitrogens is 2. The number of aryl methyl sites for hydroxylation is 2. The van der Waals surface area contributed by atoms with Gasteiger partial charge in [0.25, 0.3) is 0 Å². The van der Waals surface area contributed by atoms with Crippen molar-refractivity contribution in [2.45, 2.75) is 26.7 Å². The number of anilines is 1.